The number of aliphatic hydroxyl groups excluding tert-OH is 1. The van der Waals surface area contributed by atoms with Crippen molar-refractivity contribution in [3.63, 3.8) is 0 Å². The predicted molar refractivity (Wildman–Crippen MR) is 186 cm³/mol. The quantitative estimate of drug-likeness (QED) is 0.171. The number of nitrogens with zero attached hydrogens (tertiary/aromatic N) is 5. The van der Waals surface area contributed by atoms with E-state index in [1.807, 2.05) is 36.4 Å². The van der Waals surface area contributed by atoms with Gasteiger partial charge in [-0.3, -0.25) is 19.7 Å². The Kier molecular flexibility index (Phi) is 10.5. The summed E-state index contributed by atoms with van der Waals surface area (Å²) >= 11 is 14.1. The molecule has 2 aliphatic rings. The fraction of sp³-hybridized carbons (Fsp3) is 0.417. The molecule has 2 aromatic carbocycles. The average Bonchev–Trinajstić information content (AvgIpc) is 3.69. The maximum absolute atomic E-state index is 11.5. The van der Waals surface area contributed by atoms with Gasteiger partial charge in [0.1, 0.15) is 11.4 Å². The molecule has 2 N–H and O–H groups in total. The maximum atomic E-state index is 11.5. The Morgan fingerprint density at radius 3 is 2.08 bits per heavy atom. The molecule has 0 saturated carbocycles. The molecule has 1 amide bonds. The predicted octanol–water partition coefficient (Wildman–Crippen LogP) is 6.54. The number of nitrogens with one attached hydrogen (secondary N) is 1. The lowest BCUT2D eigenvalue weighted by molar-refractivity contribution is -0.119. The van der Waals surface area contributed by atoms with Crippen LogP contribution in [0.25, 0.3) is 33.6 Å². The van der Waals surface area contributed by atoms with Crippen LogP contribution in [0.4, 0.5) is 0 Å². The van der Waals surface area contributed by atoms with Crippen molar-refractivity contribution in [1.29, 1.82) is 0 Å². The van der Waals surface area contributed by atoms with Crippen molar-refractivity contribution in [2.45, 2.75) is 70.0 Å². The maximum Gasteiger partial charge on any atom is 0.237 e. The third-order valence-electron chi connectivity index (χ3n) is 9.49. The van der Waals surface area contributed by atoms with Crippen molar-refractivity contribution < 1.29 is 19.4 Å². The molecule has 4 heterocycles. The number of methoxy groups -OCH3 is 2. The number of halogens is 2. The number of aliphatic hydroxyl groups is 1. The van der Waals surface area contributed by atoms with Crippen molar-refractivity contribution in [2.75, 3.05) is 27.4 Å². The normalized spacial score (nSPS) is 19.5. The van der Waals surface area contributed by atoms with Gasteiger partial charge in [0, 0.05) is 46.8 Å². The van der Waals surface area contributed by atoms with Crippen LogP contribution in [-0.2, 0) is 17.8 Å². The number of aromatic nitrogens is 4. The lowest BCUT2D eigenvalue weighted by Crippen LogP contribution is -2.43. The number of amides is 1. The minimum absolute atomic E-state index is 0.0850. The molecular weight excluding hydrogens is 651 g/mol. The summed E-state index contributed by atoms with van der Waals surface area (Å²) < 4.78 is 11.3. The van der Waals surface area contributed by atoms with Gasteiger partial charge >= 0.3 is 0 Å². The number of likely N-dealkylation sites (tertiary alicyclic amines) is 1. The molecule has 0 bridgehead atoms. The summed E-state index contributed by atoms with van der Waals surface area (Å²) in [7, 11) is 3.16. The molecule has 4 aromatic rings. The van der Waals surface area contributed by atoms with Gasteiger partial charge < -0.3 is 19.9 Å². The van der Waals surface area contributed by atoms with E-state index in [9.17, 15) is 9.90 Å². The van der Waals surface area contributed by atoms with E-state index in [1.54, 1.807) is 26.6 Å². The van der Waals surface area contributed by atoms with Crippen LogP contribution in [0.2, 0.25) is 10.0 Å². The molecule has 10 nitrogen and oxygen atoms in total. The molecule has 6 rings (SSSR count). The highest BCUT2D eigenvalue weighted by molar-refractivity contribution is 6.39. The summed E-state index contributed by atoms with van der Waals surface area (Å²) in [4.78, 5) is 32.7. The Balaban J connectivity index is 1.25. The van der Waals surface area contributed by atoms with Gasteiger partial charge in [0.25, 0.3) is 0 Å². The van der Waals surface area contributed by atoms with Gasteiger partial charge in [0.05, 0.1) is 54.7 Å². The Morgan fingerprint density at radius 2 is 1.52 bits per heavy atom. The second-order valence-corrected chi connectivity index (χ2v) is 13.4. The molecule has 12 heteroatoms. The van der Waals surface area contributed by atoms with Crippen LogP contribution in [0.5, 0.6) is 11.8 Å². The summed E-state index contributed by atoms with van der Waals surface area (Å²) in [6.07, 6.45) is 9.28. The monoisotopic (exact) mass is 690 g/mol. The number of carbonyl (C=O) groups is 1. The Morgan fingerprint density at radius 1 is 0.938 bits per heavy atom. The fourth-order valence-electron chi connectivity index (χ4n) is 6.65. The van der Waals surface area contributed by atoms with Crippen LogP contribution in [0.1, 0.15) is 56.8 Å². The van der Waals surface area contributed by atoms with Crippen molar-refractivity contribution >= 4 is 29.1 Å². The van der Waals surface area contributed by atoms with Crippen LogP contribution in [0.3, 0.4) is 0 Å². The zero-order valence-corrected chi connectivity index (χ0v) is 28.9. The van der Waals surface area contributed by atoms with E-state index >= 15 is 0 Å². The first-order chi connectivity index (χ1) is 23.2. The Labute approximate surface area is 290 Å². The summed E-state index contributed by atoms with van der Waals surface area (Å²) in [6.45, 7) is 3.56. The molecule has 2 saturated heterocycles. The van der Waals surface area contributed by atoms with E-state index in [-0.39, 0.29) is 24.1 Å². The van der Waals surface area contributed by atoms with Gasteiger partial charge in [-0.1, -0.05) is 59.6 Å². The molecule has 48 heavy (non-hydrogen) atoms. The smallest absolute Gasteiger partial charge is 0.237 e. The highest BCUT2D eigenvalue weighted by Crippen LogP contribution is 2.42. The van der Waals surface area contributed by atoms with Gasteiger partial charge in [-0.25, -0.2) is 9.97 Å². The number of rotatable bonds is 12. The number of carbonyl (C=O) groups excluding carboxylic acids is 1. The first-order valence-corrected chi connectivity index (χ1v) is 17.0. The van der Waals surface area contributed by atoms with Crippen LogP contribution in [-0.4, -0.2) is 74.8 Å². The summed E-state index contributed by atoms with van der Waals surface area (Å²) in [5.74, 6) is 0.992. The van der Waals surface area contributed by atoms with E-state index in [4.69, 9.17) is 47.6 Å². The van der Waals surface area contributed by atoms with Crippen LogP contribution in [0, 0.1) is 0 Å². The average molecular weight is 692 g/mol. The van der Waals surface area contributed by atoms with E-state index in [2.05, 4.69) is 22.1 Å². The molecule has 0 radical (unpaired) electrons. The number of benzene rings is 2. The first-order valence-electron chi connectivity index (χ1n) is 16.3. The molecule has 0 spiro atoms. The highest BCUT2D eigenvalue weighted by Gasteiger charge is 2.36. The number of aryl methyl sites for hydroxylation is 1. The second-order valence-electron chi connectivity index (χ2n) is 12.6. The molecule has 0 aliphatic carbocycles. The minimum atomic E-state index is -0.286. The summed E-state index contributed by atoms with van der Waals surface area (Å²) in [6, 6.07) is 11.7. The second kappa shape index (κ2) is 14.7. The van der Waals surface area contributed by atoms with Crippen molar-refractivity contribution in [1.82, 2.24) is 30.2 Å². The highest BCUT2D eigenvalue weighted by atomic mass is 35.5. The number of ether oxygens (including phenoxy) is 2. The largest absolute Gasteiger partial charge is 0.480 e. The molecule has 252 valence electrons. The van der Waals surface area contributed by atoms with E-state index in [0.29, 0.717) is 69.4 Å². The van der Waals surface area contributed by atoms with Crippen LogP contribution < -0.4 is 14.8 Å². The zero-order valence-electron chi connectivity index (χ0n) is 27.4. The molecular formula is C36H40Cl2N6O4. The molecule has 2 fully saturated rings. The van der Waals surface area contributed by atoms with Crippen molar-refractivity contribution in [3.8, 4) is 45.4 Å². The van der Waals surface area contributed by atoms with Crippen LogP contribution >= 0.6 is 23.2 Å². The Hall–Kier alpha value is -3.83. The first kappa shape index (κ1) is 34.0. The van der Waals surface area contributed by atoms with Gasteiger partial charge in [-0.05, 0) is 52.0 Å². The van der Waals surface area contributed by atoms with Gasteiger partial charge in [0.15, 0.2) is 0 Å². The third-order valence-corrected chi connectivity index (χ3v) is 10.3. The summed E-state index contributed by atoms with van der Waals surface area (Å²) in [5, 5.41) is 14.0. The van der Waals surface area contributed by atoms with Crippen LogP contribution in [0.15, 0.2) is 48.8 Å². The standard InChI is InChI=1S/C36H40Cl2N6O4/c1-36(21-45)16-7-17-44(36)20-30-35(48-3)43-29(19-40-30)26-12-6-10-24(33(26)38)23-9-5-11-25(32(23)37)28-18-39-27(34(42-28)47-2)13-4-8-22-14-15-31(46)41-22/h5-6,9-12,18-19,22,45H,4,7-8,13-17,20-21H2,1-3H3,(H,41,46)/t22-,36?/m1/s1. The van der Waals surface area contributed by atoms with E-state index in [0.717, 1.165) is 55.5 Å². The topological polar surface area (TPSA) is 123 Å². The molecule has 1 unspecified atom stereocenters. The summed E-state index contributed by atoms with van der Waals surface area (Å²) in [5.41, 5.74) is 5.19. The van der Waals surface area contributed by atoms with Gasteiger partial charge in [-0.2, -0.15) is 0 Å². The molecule has 2 aliphatic heterocycles. The zero-order chi connectivity index (χ0) is 33.8. The molecule has 2 atom stereocenters. The SMILES string of the molecule is COc1nc(-c2cccc(-c3cccc(-c4cnc(CN5CCCC5(C)CO)c(OC)n4)c3Cl)c2Cl)cnc1CCC[C@@H]1CCC(=O)N1. The Bertz CT molecular complexity index is 1810. The van der Waals surface area contributed by atoms with E-state index < -0.39 is 0 Å². The molecule has 2 aromatic heterocycles. The minimum Gasteiger partial charge on any atom is -0.480 e. The van der Waals surface area contributed by atoms with Crippen molar-refractivity contribution in [2.24, 2.45) is 0 Å². The number of hydrogen-bond acceptors (Lipinski definition) is 9. The van der Waals surface area contributed by atoms with Gasteiger partial charge in [0.2, 0.25) is 17.7 Å². The third kappa shape index (κ3) is 6.98. The van der Waals surface area contributed by atoms with Crippen molar-refractivity contribution in [3.05, 3.63) is 70.2 Å². The van der Waals surface area contributed by atoms with E-state index in [1.165, 1.54) is 0 Å². The lowest BCUT2D eigenvalue weighted by Gasteiger charge is -2.33. The fourth-order valence-corrected chi connectivity index (χ4v) is 7.30. The lowest BCUT2D eigenvalue weighted by atomic mass is 9.98. The number of hydrogen-bond donors (Lipinski definition) is 2. The van der Waals surface area contributed by atoms with Gasteiger partial charge in [-0.15, -0.1) is 0 Å².